The van der Waals surface area contributed by atoms with Crippen molar-refractivity contribution < 1.29 is 8.42 Å². The highest BCUT2D eigenvalue weighted by Crippen LogP contribution is 2.26. The number of piperidine rings is 1. The molecule has 1 aliphatic heterocycles. The number of hydrogen-bond acceptors (Lipinski definition) is 3. The number of hydrogen-bond donors (Lipinski definition) is 0. The summed E-state index contributed by atoms with van der Waals surface area (Å²) in [6, 6.07) is 10.6. The molecule has 0 saturated carbocycles. The zero-order chi connectivity index (χ0) is 17.4. The van der Waals surface area contributed by atoms with Gasteiger partial charge >= 0.3 is 0 Å². The molecule has 25 heavy (non-hydrogen) atoms. The molecule has 0 atom stereocenters. The molecule has 1 fully saturated rings. The summed E-state index contributed by atoms with van der Waals surface area (Å²) in [7, 11) is -3.45. The van der Waals surface area contributed by atoms with Gasteiger partial charge in [-0.25, -0.2) is 13.4 Å². The number of benzene rings is 1. The minimum absolute atomic E-state index is 0.321. The largest absolute Gasteiger partial charge is 0.305 e. The Morgan fingerprint density at radius 1 is 1.00 bits per heavy atom. The second kappa shape index (κ2) is 6.44. The number of pyridine rings is 1. The molecular formula is C18H18ClN3O2S. The first kappa shape index (κ1) is 16.6. The predicted molar refractivity (Wildman–Crippen MR) is 98.2 cm³/mol. The Hall–Kier alpha value is -1.89. The number of halogens is 1. The molecule has 130 valence electrons. The van der Waals surface area contributed by atoms with Crippen LogP contribution in [-0.2, 0) is 10.0 Å². The number of sulfonamides is 1. The van der Waals surface area contributed by atoms with E-state index < -0.39 is 10.0 Å². The van der Waals surface area contributed by atoms with Crippen LogP contribution >= 0.6 is 11.6 Å². The Morgan fingerprint density at radius 3 is 2.60 bits per heavy atom. The molecule has 0 spiro atoms. The molecular weight excluding hydrogens is 358 g/mol. The minimum Gasteiger partial charge on any atom is -0.305 e. The quantitative estimate of drug-likeness (QED) is 0.699. The van der Waals surface area contributed by atoms with E-state index in [0.29, 0.717) is 23.0 Å². The van der Waals surface area contributed by atoms with Gasteiger partial charge < -0.3 is 4.40 Å². The molecule has 1 saturated heterocycles. The molecule has 3 aromatic rings. The summed E-state index contributed by atoms with van der Waals surface area (Å²) >= 11 is 6.01. The first-order chi connectivity index (χ1) is 12.0. The van der Waals surface area contributed by atoms with E-state index in [0.717, 1.165) is 36.2 Å². The number of rotatable bonds is 3. The van der Waals surface area contributed by atoms with Crippen molar-refractivity contribution in [3.8, 4) is 11.3 Å². The van der Waals surface area contributed by atoms with Crippen LogP contribution in [0.3, 0.4) is 0 Å². The molecule has 2 aromatic heterocycles. The van der Waals surface area contributed by atoms with E-state index in [1.165, 1.54) is 0 Å². The summed E-state index contributed by atoms with van der Waals surface area (Å²) in [6.45, 7) is 1.19. The number of nitrogens with zero attached hydrogens (tertiary/aromatic N) is 3. The second-order valence-electron chi connectivity index (χ2n) is 6.23. The zero-order valence-electron chi connectivity index (χ0n) is 13.6. The van der Waals surface area contributed by atoms with E-state index in [2.05, 4.69) is 4.98 Å². The standard InChI is InChI=1S/C18H18ClN3O2S/c19-15-7-8-18-20-17(13-21(18)12-15)14-5-4-6-16(11-14)25(23,24)22-9-2-1-3-10-22/h4-8,11-13H,1-3,9-10H2. The fraction of sp³-hybridized carbons (Fsp3) is 0.278. The van der Waals surface area contributed by atoms with Gasteiger partial charge in [0.05, 0.1) is 15.6 Å². The smallest absolute Gasteiger partial charge is 0.243 e. The molecule has 3 heterocycles. The third kappa shape index (κ3) is 3.17. The molecule has 0 unspecified atom stereocenters. The van der Waals surface area contributed by atoms with Crippen LogP contribution < -0.4 is 0 Å². The van der Waals surface area contributed by atoms with Gasteiger partial charge in [-0.3, -0.25) is 0 Å². The van der Waals surface area contributed by atoms with Crippen LogP contribution in [0.4, 0.5) is 0 Å². The van der Waals surface area contributed by atoms with Crippen LogP contribution in [-0.4, -0.2) is 35.2 Å². The Labute approximate surface area is 151 Å². The van der Waals surface area contributed by atoms with Crippen molar-refractivity contribution in [3.63, 3.8) is 0 Å². The van der Waals surface area contributed by atoms with Gasteiger partial charge in [0.1, 0.15) is 5.65 Å². The SMILES string of the molecule is O=S(=O)(c1cccc(-c2cn3cc(Cl)ccc3n2)c1)N1CCCCC1. The van der Waals surface area contributed by atoms with Crippen molar-refractivity contribution >= 4 is 27.3 Å². The molecule has 0 aliphatic carbocycles. The van der Waals surface area contributed by atoms with E-state index >= 15 is 0 Å². The average molecular weight is 376 g/mol. The van der Waals surface area contributed by atoms with Crippen LogP contribution in [0.25, 0.3) is 16.9 Å². The third-order valence-corrected chi connectivity index (χ3v) is 6.62. The van der Waals surface area contributed by atoms with Crippen LogP contribution in [0, 0.1) is 0 Å². The molecule has 0 amide bonds. The fourth-order valence-corrected chi connectivity index (χ4v) is 4.91. The molecule has 0 N–H and O–H groups in total. The van der Waals surface area contributed by atoms with Crippen LogP contribution in [0.5, 0.6) is 0 Å². The summed E-state index contributed by atoms with van der Waals surface area (Å²) in [4.78, 5) is 4.88. The summed E-state index contributed by atoms with van der Waals surface area (Å²) in [5.41, 5.74) is 2.26. The van der Waals surface area contributed by atoms with Gasteiger partial charge in [-0.1, -0.05) is 30.2 Å². The Kier molecular flexibility index (Phi) is 4.27. The van der Waals surface area contributed by atoms with E-state index in [9.17, 15) is 8.42 Å². The van der Waals surface area contributed by atoms with Crippen LogP contribution in [0.2, 0.25) is 5.02 Å². The summed E-state index contributed by atoms with van der Waals surface area (Å²) in [5, 5.41) is 0.623. The average Bonchev–Trinajstić information content (AvgIpc) is 3.06. The maximum Gasteiger partial charge on any atom is 0.243 e. The zero-order valence-corrected chi connectivity index (χ0v) is 15.2. The second-order valence-corrected chi connectivity index (χ2v) is 8.61. The highest BCUT2D eigenvalue weighted by atomic mass is 35.5. The van der Waals surface area contributed by atoms with Gasteiger partial charge in [-0.15, -0.1) is 0 Å². The monoisotopic (exact) mass is 375 g/mol. The van der Waals surface area contributed by atoms with Crippen LogP contribution in [0.1, 0.15) is 19.3 Å². The summed E-state index contributed by atoms with van der Waals surface area (Å²) in [5.74, 6) is 0. The fourth-order valence-electron chi connectivity index (χ4n) is 3.17. The maximum atomic E-state index is 12.9. The first-order valence-corrected chi connectivity index (χ1v) is 10.1. The summed E-state index contributed by atoms with van der Waals surface area (Å²) < 4.78 is 29.2. The molecule has 5 nitrogen and oxygen atoms in total. The molecule has 7 heteroatoms. The lowest BCUT2D eigenvalue weighted by Gasteiger charge is -2.26. The van der Waals surface area contributed by atoms with Crippen LogP contribution in [0.15, 0.2) is 53.7 Å². The number of aromatic nitrogens is 2. The van der Waals surface area contributed by atoms with Gasteiger partial charge in [0.15, 0.2) is 0 Å². The highest BCUT2D eigenvalue weighted by Gasteiger charge is 2.26. The number of imidazole rings is 1. The first-order valence-electron chi connectivity index (χ1n) is 8.29. The molecule has 1 aliphatic rings. The Balaban J connectivity index is 1.73. The third-order valence-electron chi connectivity index (χ3n) is 4.50. The van der Waals surface area contributed by atoms with Crippen molar-refractivity contribution in [2.75, 3.05) is 13.1 Å². The van der Waals surface area contributed by atoms with Gasteiger partial charge in [-0.05, 0) is 37.1 Å². The van der Waals surface area contributed by atoms with E-state index in [4.69, 9.17) is 11.6 Å². The van der Waals surface area contributed by atoms with Gasteiger partial charge in [0.25, 0.3) is 0 Å². The molecule has 0 radical (unpaired) electrons. The van der Waals surface area contributed by atoms with Crippen molar-refractivity contribution in [1.82, 2.24) is 13.7 Å². The number of fused-ring (bicyclic) bond motifs is 1. The van der Waals surface area contributed by atoms with Crippen molar-refractivity contribution in [2.45, 2.75) is 24.2 Å². The maximum absolute atomic E-state index is 12.9. The van der Waals surface area contributed by atoms with Crippen molar-refractivity contribution in [1.29, 1.82) is 0 Å². The topological polar surface area (TPSA) is 54.7 Å². The van der Waals surface area contributed by atoms with Gasteiger partial charge in [0, 0.05) is 31.0 Å². The van der Waals surface area contributed by atoms with E-state index in [1.807, 2.05) is 22.7 Å². The minimum atomic E-state index is -3.45. The van der Waals surface area contributed by atoms with Crippen molar-refractivity contribution in [3.05, 3.63) is 53.8 Å². The lowest BCUT2D eigenvalue weighted by atomic mass is 10.2. The summed E-state index contributed by atoms with van der Waals surface area (Å²) in [6.07, 6.45) is 6.57. The Bertz CT molecular complexity index is 1020. The normalized spacial score (nSPS) is 16.4. The molecule has 1 aromatic carbocycles. The van der Waals surface area contributed by atoms with E-state index in [1.54, 1.807) is 34.8 Å². The van der Waals surface area contributed by atoms with Gasteiger partial charge in [-0.2, -0.15) is 4.31 Å². The lowest BCUT2D eigenvalue weighted by molar-refractivity contribution is 0.346. The lowest BCUT2D eigenvalue weighted by Crippen LogP contribution is -2.35. The van der Waals surface area contributed by atoms with E-state index in [-0.39, 0.29) is 0 Å². The van der Waals surface area contributed by atoms with Gasteiger partial charge in [0.2, 0.25) is 10.0 Å². The van der Waals surface area contributed by atoms with Crippen molar-refractivity contribution in [2.24, 2.45) is 0 Å². The predicted octanol–water partition coefficient (Wildman–Crippen LogP) is 3.83. The highest BCUT2D eigenvalue weighted by molar-refractivity contribution is 7.89. The molecule has 4 rings (SSSR count). The Morgan fingerprint density at radius 2 is 1.80 bits per heavy atom. The molecule has 0 bridgehead atoms.